The molecule has 2 rings (SSSR count). The topological polar surface area (TPSA) is 45.0 Å². The summed E-state index contributed by atoms with van der Waals surface area (Å²) >= 11 is 1.49. The lowest BCUT2D eigenvalue weighted by Gasteiger charge is -2.10. The lowest BCUT2D eigenvalue weighted by atomic mass is 10.2. The van der Waals surface area contributed by atoms with Crippen molar-refractivity contribution in [2.24, 2.45) is 0 Å². The molecule has 104 valence electrons. The number of para-hydroxylation sites is 1. The largest absolute Gasteiger partial charge is 0.434 e. The van der Waals surface area contributed by atoms with Crippen molar-refractivity contribution in [2.75, 3.05) is 0 Å². The zero-order valence-corrected chi connectivity index (χ0v) is 11.3. The van der Waals surface area contributed by atoms with E-state index in [9.17, 15) is 8.78 Å². The number of thiophene rings is 1. The Morgan fingerprint density at radius 1 is 1.30 bits per heavy atom. The first kappa shape index (κ1) is 14.4. The fourth-order valence-corrected chi connectivity index (χ4v) is 2.49. The van der Waals surface area contributed by atoms with Crippen LogP contribution >= 0.6 is 11.3 Å². The molecule has 2 aromatic rings. The van der Waals surface area contributed by atoms with Gasteiger partial charge in [-0.05, 0) is 12.1 Å². The van der Waals surface area contributed by atoms with E-state index in [1.54, 1.807) is 29.6 Å². The highest BCUT2D eigenvalue weighted by Crippen LogP contribution is 2.20. The molecule has 0 radical (unpaired) electrons. The molecule has 0 aliphatic carbocycles. The van der Waals surface area contributed by atoms with Gasteiger partial charge in [0.2, 0.25) is 0 Å². The van der Waals surface area contributed by atoms with Crippen molar-refractivity contribution in [3.8, 4) is 11.8 Å². The minimum atomic E-state index is -2.83. The van der Waals surface area contributed by atoms with Crippen LogP contribution in [0.5, 0.6) is 5.75 Å². The summed E-state index contributed by atoms with van der Waals surface area (Å²) in [4.78, 5) is 1.02. The van der Waals surface area contributed by atoms with E-state index in [2.05, 4.69) is 16.1 Å². The summed E-state index contributed by atoms with van der Waals surface area (Å²) in [5.74, 6) is 0.180. The van der Waals surface area contributed by atoms with E-state index in [0.717, 1.165) is 4.88 Å². The van der Waals surface area contributed by atoms with Crippen LogP contribution in [0.2, 0.25) is 0 Å². The summed E-state index contributed by atoms with van der Waals surface area (Å²) in [6.45, 7) is -1.83. The number of nitrogens with zero attached hydrogens (tertiary/aromatic N) is 1. The van der Waals surface area contributed by atoms with E-state index in [0.29, 0.717) is 24.2 Å². The van der Waals surface area contributed by atoms with Gasteiger partial charge in [0.25, 0.3) is 0 Å². The molecule has 3 nitrogen and oxygen atoms in total. The number of benzene rings is 1. The number of nitrogens with one attached hydrogen (secondary N) is 1. The Morgan fingerprint density at radius 3 is 2.80 bits per heavy atom. The van der Waals surface area contributed by atoms with Crippen LogP contribution in [0, 0.1) is 11.3 Å². The third-order valence-electron chi connectivity index (χ3n) is 2.59. The van der Waals surface area contributed by atoms with Gasteiger partial charge in [0.15, 0.2) is 0 Å². The lowest BCUT2D eigenvalue weighted by molar-refractivity contribution is -0.0505. The fourth-order valence-electron chi connectivity index (χ4n) is 1.71. The highest BCUT2D eigenvalue weighted by atomic mass is 32.1. The summed E-state index contributed by atoms with van der Waals surface area (Å²) in [6, 6.07) is 10.5. The summed E-state index contributed by atoms with van der Waals surface area (Å²) in [7, 11) is 0. The molecule has 6 heteroatoms. The van der Waals surface area contributed by atoms with E-state index in [1.807, 2.05) is 0 Å². The van der Waals surface area contributed by atoms with Crippen molar-refractivity contribution in [3.63, 3.8) is 0 Å². The van der Waals surface area contributed by atoms with Crippen LogP contribution in [0.4, 0.5) is 8.78 Å². The van der Waals surface area contributed by atoms with Crippen LogP contribution in [-0.4, -0.2) is 6.61 Å². The van der Waals surface area contributed by atoms with Gasteiger partial charge < -0.3 is 10.1 Å². The molecule has 0 amide bonds. The molecule has 1 N–H and O–H groups in total. The van der Waals surface area contributed by atoms with Gasteiger partial charge in [-0.1, -0.05) is 18.2 Å². The second-order valence-corrected chi connectivity index (χ2v) is 5.00. The number of hydrogen-bond donors (Lipinski definition) is 1. The van der Waals surface area contributed by atoms with Gasteiger partial charge in [-0.2, -0.15) is 14.0 Å². The van der Waals surface area contributed by atoms with Crippen molar-refractivity contribution < 1.29 is 13.5 Å². The van der Waals surface area contributed by atoms with Gasteiger partial charge in [0, 0.05) is 28.9 Å². The molecular weight excluding hydrogens is 282 g/mol. The SMILES string of the molecule is N#Cc1csc(CNCc2ccccc2OC(F)F)c1. The van der Waals surface area contributed by atoms with Crippen molar-refractivity contribution in [2.45, 2.75) is 19.7 Å². The Hall–Kier alpha value is -1.97. The first-order valence-corrected chi connectivity index (χ1v) is 6.78. The van der Waals surface area contributed by atoms with Crippen LogP contribution in [0.25, 0.3) is 0 Å². The summed E-state index contributed by atoms with van der Waals surface area (Å²) < 4.78 is 29.0. The molecule has 0 unspecified atom stereocenters. The van der Waals surface area contributed by atoms with Gasteiger partial charge in [-0.25, -0.2) is 0 Å². The first-order chi connectivity index (χ1) is 9.69. The van der Waals surface area contributed by atoms with Crippen LogP contribution in [0.15, 0.2) is 35.7 Å². The number of nitriles is 1. The fraction of sp³-hybridized carbons (Fsp3) is 0.214. The van der Waals surface area contributed by atoms with E-state index in [4.69, 9.17) is 5.26 Å². The molecule has 1 heterocycles. The van der Waals surface area contributed by atoms with E-state index >= 15 is 0 Å². The monoisotopic (exact) mass is 294 g/mol. The average Bonchev–Trinajstić information content (AvgIpc) is 2.88. The maximum atomic E-state index is 12.3. The van der Waals surface area contributed by atoms with Gasteiger partial charge in [0.05, 0.1) is 5.56 Å². The standard InChI is InChI=1S/C14H12F2N2OS/c15-14(16)19-13-4-2-1-3-11(13)7-18-8-12-5-10(6-17)9-20-12/h1-5,9,14,18H,7-8H2. The predicted molar refractivity (Wildman–Crippen MR) is 72.7 cm³/mol. The molecule has 1 aromatic heterocycles. The molecule has 20 heavy (non-hydrogen) atoms. The summed E-state index contributed by atoms with van der Waals surface area (Å²) in [5, 5.41) is 13.7. The molecule has 1 aromatic carbocycles. The van der Waals surface area contributed by atoms with Gasteiger partial charge in [0.1, 0.15) is 11.8 Å². The minimum Gasteiger partial charge on any atom is -0.434 e. The third-order valence-corrected chi connectivity index (χ3v) is 3.52. The Balaban J connectivity index is 1.92. The molecule has 0 fully saturated rings. The van der Waals surface area contributed by atoms with Crippen molar-refractivity contribution in [1.82, 2.24) is 5.32 Å². The lowest BCUT2D eigenvalue weighted by Crippen LogP contribution is -2.13. The second-order valence-electron chi connectivity index (χ2n) is 4.00. The van der Waals surface area contributed by atoms with Crippen LogP contribution < -0.4 is 10.1 Å². The minimum absolute atomic E-state index is 0.180. The summed E-state index contributed by atoms with van der Waals surface area (Å²) in [6.07, 6.45) is 0. The number of halogens is 2. The van der Waals surface area contributed by atoms with Crippen molar-refractivity contribution in [3.05, 3.63) is 51.7 Å². The van der Waals surface area contributed by atoms with Gasteiger partial charge in [-0.3, -0.25) is 0 Å². The summed E-state index contributed by atoms with van der Waals surface area (Å²) in [5.41, 5.74) is 1.30. The molecule has 0 saturated carbocycles. The van der Waals surface area contributed by atoms with Crippen molar-refractivity contribution in [1.29, 1.82) is 5.26 Å². The number of ether oxygens (including phenoxy) is 1. The molecule has 0 aliphatic heterocycles. The zero-order valence-electron chi connectivity index (χ0n) is 10.5. The Labute approximate surface area is 119 Å². The van der Waals surface area contributed by atoms with E-state index in [1.165, 1.54) is 17.4 Å². The smallest absolute Gasteiger partial charge is 0.387 e. The molecule has 0 atom stereocenters. The first-order valence-electron chi connectivity index (χ1n) is 5.90. The Morgan fingerprint density at radius 2 is 2.10 bits per heavy atom. The molecule has 0 bridgehead atoms. The van der Waals surface area contributed by atoms with E-state index < -0.39 is 6.61 Å². The highest BCUT2D eigenvalue weighted by Gasteiger charge is 2.08. The van der Waals surface area contributed by atoms with Gasteiger partial charge >= 0.3 is 6.61 Å². The quantitative estimate of drug-likeness (QED) is 0.886. The van der Waals surface area contributed by atoms with Gasteiger partial charge in [-0.15, -0.1) is 11.3 Å². The normalized spacial score (nSPS) is 10.5. The molecule has 0 saturated heterocycles. The second kappa shape index (κ2) is 6.98. The van der Waals surface area contributed by atoms with Crippen LogP contribution in [0.1, 0.15) is 16.0 Å². The van der Waals surface area contributed by atoms with Crippen LogP contribution in [-0.2, 0) is 13.1 Å². The Bertz CT molecular complexity index is 607. The molecule has 0 aliphatic rings. The number of rotatable bonds is 6. The van der Waals surface area contributed by atoms with Crippen molar-refractivity contribution >= 4 is 11.3 Å². The zero-order chi connectivity index (χ0) is 14.4. The maximum Gasteiger partial charge on any atom is 0.387 e. The highest BCUT2D eigenvalue weighted by molar-refractivity contribution is 7.10. The van der Waals surface area contributed by atoms with E-state index in [-0.39, 0.29) is 5.75 Å². The van der Waals surface area contributed by atoms with Crippen LogP contribution in [0.3, 0.4) is 0 Å². The number of alkyl halides is 2. The molecular formula is C14H12F2N2OS. The molecule has 0 spiro atoms. The third kappa shape index (κ3) is 4.02. The predicted octanol–water partition coefficient (Wildman–Crippen LogP) is 3.51. The maximum absolute atomic E-state index is 12.3. The average molecular weight is 294 g/mol. The number of hydrogen-bond acceptors (Lipinski definition) is 4. The Kier molecular flexibility index (Phi) is 5.04.